The number of allylic oxidation sites excluding steroid dienone is 8. The number of carboxylic acid groups (broad SMARTS) is 1. The molecule has 240 valence electrons. The van der Waals surface area contributed by atoms with Gasteiger partial charge in [-0.05, 0) is 62.6 Å². The Morgan fingerprint density at radius 1 is 1.02 bits per heavy atom. The summed E-state index contributed by atoms with van der Waals surface area (Å²) in [5.74, 6) is -1.66. The Bertz CT molecular complexity index is 1310. The minimum absolute atomic E-state index is 0.0263. The molecular formula is C37H50O7. The molecule has 6 N–H and O–H groups in total. The number of fused-ring (bicyclic) bond motifs is 1. The number of benzene rings is 1. The monoisotopic (exact) mass is 606 g/mol. The molecule has 0 radical (unpaired) electrons. The molecule has 0 spiro atoms. The summed E-state index contributed by atoms with van der Waals surface area (Å²) >= 11 is 0. The van der Waals surface area contributed by atoms with Gasteiger partial charge in [-0.15, -0.1) is 0 Å². The van der Waals surface area contributed by atoms with Crippen molar-refractivity contribution in [2.75, 3.05) is 0 Å². The minimum Gasteiger partial charge on any atom is -0.508 e. The van der Waals surface area contributed by atoms with Crippen LogP contribution in [0.2, 0.25) is 0 Å². The van der Waals surface area contributed by atoms with E-state index in [4.69, 9.17) is 5.11 Å². The molecule has 0 amide bonds. The van der Waals surface area contributed by atoms with Gasteiger partial charge < -0.3 is 30.6 Å². The molecule has 1 fully saturated rings. The number of hydrogen-bond donors (Lipinski definition) is 6. The molecule has 0 aliphatic heterocycles. The fourth-order valence-corrected chi connectivity index (χ4v) is 7.25. The lowest BCUT2D eigenvalue weighted by atomic mass is 9.59. The Morgan fingerprint density at radius 2 is 1.66 bits per heavy atom. The van der Waals surface area contributed by atoms with Gasteiger partial charge in [0.25, 0.3) is 0 Å². The van der Waals surface area contributed by atoms with Gasteiger partial charge in [0.15, 0.2) is 0 Å². The van der Waals surface area contributed by atoms with E-state index < -0.39 is 35.8 Å². The van der Waals surface area contributed by atoms with Crippen molar-refractivity contribution in [1.29, 1.82) is 0 Å². The maximum atomic E-state index is 11.8. The fraction of sp³-hybridized carbons (Fsp3) is 0.486. The summed E-state index contributed by atoms with van der Waals surface area (Å²) in [6.45, 7) is 11.8. The van der Waals surface area contributed by atoms with Crippen LogP contribution < -0.4 is 0 Å². The highest BCUT2D eigenvalue weighted by molar-refractivity contribution is 5.80. The van der Waals surface area contributed by atoms with Crippen LogP contribution in [0.1, 0.15) is 66.1 Å². The van der Waals surface area contributed by atoms with Crippen LogP contribution in [-0.2, 0) is 4.79 Å². The molecule has 9 unspecified atom stereocenters. The standard InChI is InChI=1S/C37H50O7/c1-23(14-20-32(41)42)13-19-31(40)25(3)30(39)12-10-8-7-9-11-28-24(2)21-29-34(36(4,5)22-37(29,6)44)33(28)35(43)26-15-17-27(38)18-16-26/h7-18,20-21,25,28-31,33-35,38-40,43-44H,19,22H2,1-6H3,(H,41,42)/b8-7+,11-9+,12-10+,20-14+,23-13-. The number of rotatable bonds is 12. The minimum atomic E-state index is -1.03. The summed E-state index contributed by atoms with van der Waals surface area (Å²) in [6.07, 6.45) is 15.9. The zero-order chi connectivity index (χ0) is 32.8. The van der Waals surface area contributed by atoms with Gasteiger partial charge in [0.2, 0.25) is 0 Å². The SMILES string of the molecule is CC1=CC2C(C(C(O)c3ccc(O)cc3)C1/C=C/C=C/C=C/C(O)C(C)C(O)C/C=C(C)\C=C\C(=O)O)C(C)(C)CC2(C)O. The molecule has 44 heavy (non-hydrogen) atoms. The van der Waals surface area contributed by atoms with Crippen LogP contribution in [0.25, 0.3) is 0 Å². The smallest absolute Gasteiger partial charge is 0.328 e. The largest absolute Gasteiger partial charge is 0.508 e. The number of phenolic OH excluding ortho intramolecular Hbond substituents is 1. The second-order valence-electron chi connectivity index (χ2n) is 13.6. The topological polar surface area (TPSA) is 138 Å². The van der Waals surface area contributed by atoms with Crippen molar-refractivity contribution in [3.8, 4) is 5.75 Å². The van der Waals surface area contributed by atoms with Gasteiger partial charge in [-0.1, -0.05) is 98.7 Å². The predicted molar refractivity (Wildman–Crippen MR) is 174 cm³/mol. The predicted octanol–water partition coefficient (Wildman–Crippen LogP) is 6.03. The van der Waals surface area contributed by atoms with Crippen molar-refractivity contribution in [3.05, 3.63) is 102 Å². The van der Waals surface area contributed by atoms with E-state index in [1.165, 1.54) is 6.08 Å². The number of hydrogen-bond acceptors (Lipinski definition) is 6. The number of aliphatic carboxylic acids is 1. The average Bonchev–Trinajstić information content (AvgIpc) is 3.14. The number of aromatic hydroxyl groups is 1. The van der Waals surface area contributed by atoms with Crippen LogP contribution in [0.15, 0.2) is 96.2 Å². The Hall–Kier alpha value is -3.23. The van der Waals surface area contributed by atoms with Gasteiger partial charge >= 0.3 is 5.97 Å². The second-order valence-corrected chi connectivity index (χ2v) is 13.6. The molecule has 0 bridgehead atoms. The molecular weight excluding hydrogens is 556 g/mol. The maximum absolute atomic E-state index is 11.8. The van der Waals surface area contributed by atoms with Crippen LogP contribution in [-0.4, -0.2) is 54.4 Å². The Morgan fingerprint density at radius 3 is 2.30 bits per heavy atom. The lowest BCUT2D eigenvalue weighted by Gasteiger charge is -2.46. The van der Waals surface area contributed by atoms with E-state index >= 15 is 0 Å². The fourth-order valence-electron chi connectivity index (χ4n) is 7.25. The molecule has 2 aliphatic carbocycles. The van der Waals surface area contributed by atoms with Crippen LogP contribution >= 0.6 is 0 Å². The van der Waals surface area contributed by atoms with E-state index in [1.807, 2.05) is 19.1 Å². The summed E-state index contributed by atoms with van der Waals surface area (Å²) in [7, 11) is 0. The van der Waals surface area contributed by atoms with Crippen LogP contribution in [0.5, 0.6) is 5.75 Å². The summed E-state index contributed by atoms with van der Waals surface area (Å²) in [5.41, 5.74) is 1.46. The number of carboxylic acids is 1. The number of phenols is 1. The van der Waals surface area contributed by atoms with Crippen molar-refractivity contribution >= 4 is 5.97 Å². The van der Waals surface area contributed by atoms with Crippen molar-refractivity contribution in [3.63, 3.8) is 0 Å². The van der Waals surface area contributed by atoms with Crippen LogP contribution in [0.4, 0.5) is 0 Å². The third kappa shape index (κ3) is 8.69. The first-order chi connectivity index (χ1) is 20.5. The highest BCUT2D eigenvalue weighted by Gasteiger charge is 2.59. The third-order valence-corrected chi connectivity index (χ3v) is 9.49. The molecule has 3 rings (SSSR count). The van der Waals surface area contributed by atoms with Gasteiger partial charge in [0.05, 0.1) is 23.9 Å². The zero-order valence-electron chi connectivity index (χ0n) is 26.7. The zero-order valence-corrected chi connectivity index (χ0v) is 26.7. The van der Waals surface area contributed by atoms with E-state index in [9.17, 15) is 30.3 Å². The van der Waals surface area contributed by atoms with Crippen LogP contribution in [0.3, 0.4) is 0 Å². The summed E-state index contributed by atoms with van der Waals surface area (Å²) in [6, 6.07) is 6.68. The van der Waals surface area contributed by atoms with Gasteiger partial charge in [-0.2, -0.15) is 0 Å². The molecule has 1 aromatic rings. The molecule has 9 atom stereocenters. The van der Waals surface area contributed by atoms with Gasteiger partial charge in [0.1, 0.15) is 5.75 Å². The molecule has 0 heterocycles. The lowest BCUT2D eigenvalue weighted by molar-refractivity contribution is -0.131. The molecule has 1 saturated carbocycles. The Kier molecular flexibility index (Phi) is 11.8. The molecule has 0 saturated heterocycles. The van der Waals surface area contributed by atoms with E-state index in [0.29, 0.717) is 12.8 Å². The van der Waals surface area contributed by atoms with Crippen molar-refractivity contribution < 1.29 is 35.4 Å². The van der Waals surface area contributed by atoms with Gasteiger partial charge in [-0.3, -0.25) is 0 Å². The Labute approximate surface area is 262 Å². The van der Waals surface area contributed by atoms with Crippen molar-refractivity contribution in [2.45, 2.75) is 78.3 Å². The average molecular weight is 607 g/mol. The maximum Gasteiger partial charge on any atom is 0.328 e. The van der Waals surface area contributed by atoms with Gasteiger partial charge in [-0.25, -0.2) is 4.79 Å². The number of carbonyl (C=O) groups is 1. The van der Waals surface area contributed by atoms with Crippen molar-refractivity contribution in [1.82, 2.24) is 0 Å². The molecule has 7 nitrogen and oxygen atoms in total. The first kappa shape index (κ1) is 35.3. The number of aliphatic hydroxyl groups excluding tert-OH is 3. The van der Waals surface area contributed by atoms with Crippen LogP contribution in [0, 0.1) is 35.0 Å². The molecule has 0 aromatic heterocycles. The van der Waals surface area contributed by atoms with E-state index in [0.717, 1.165) is 22.8 Å². The summed E-state index contributed by atoms with van der Waals surface area (Å²) in [5, 5.41) is 62.7. The van der Waals surface area contributed by atoms with E-state index in [-0.39, 0.29) is 34.8 Å². The Balaban J connectivity index is 1.74. The quantitative estimate of drug-likeness (QED) is 0.0970. The highest BCUT2D eigenvalue weighted by Crippen LogP contribution is 2.62. The molecule has 2 aliphatic rings. The van der Waals surface area contributed by atoms with Crippen molar-refractivity contribution in [2.24, 2.45) is 35.0 Å². The highest BCUT2D eigenvalue weighted by atomic mass is 16.4. The molecule has 7 heteroatoms. The van der Waals surface area contributed by atoms with E-state index in [2.05, 4.69) is 32.9 Å². The first-order valence-electron chi connectivity index (χ1n) is 15.4. The summed E-state index contributed by atoms with van der Waals surface area (Å²) in [4.78, 5) is 10.6. The first-order valence-corrected chi connectivity index (χ1v) is 15.4. The molecule has 1 aromatic carbocycles. The normalized spacial score (nSPS) is 30.1. The second kappa shape index (κ2) is 14.7. The number of aliphatic hydroxyl groups is 4. The van der Waals surface area contributed by atoms with Gasteiger partial charge in [0, 0.05) is 29.7 Å². The lowest BCUT2D eigenvalue weighted by Crippen LogP contribution is -2.43. The third-order valence-electron chi connectivity index (χ3n) is 9.49. The summed E-state index contributed by atoms with van der Waals surface area (Å²) < 4.78 is 0. The van der Waals surface area contributed by atoms with E-state index in [1.54, 1.807) is 62.4 Å².